The molecule has 3 aromatic heterocycles. The summed E-state index contributed by atoms with van der Waals surface area (Å²) in [4.78, 5) is 11.1. The molecule has 4 atom stereocenters. The largest absolute Gasteiger partial charge is 0.394 e. The molecule has 0 aromatic carbocycles. The van der Waals surface area contributed by atoms with Crippen LogP contribution in [0.15, 0.2) is 24.9 Å². The number of anilines is 1. The summed E-state index contributed by atoms with van der Waals surface area (Å²) in [5.74, 6) is 0.125. The van der Waals surface area contributed by atoms with Crippen LogP contribution in [0.4, 0.5) is 5.82 Å². The van der Waals surface area contributed by atoms with Crippen molar-refractivity contribution in [2.24, 2.45) is 5.92 Å². The quantitative estimate of drug-likeness (QED) is 0.536. The molecule has 0 amide bonds. The van der Waals surface area contributed by atoms with E-state index in [1.807, 2.05) is 13.0 Å². The van der Waals surface area contributed by atoms with Gasteiger partial charge in [0.15, 0.2) is 5.82 Å². The van der Waals surface area contributed by atoms with Crippen molar-refractivity contribution in [3.05, 3.63) is 30.6 Å². The van der Waals surface area contributed by atoms with E-state index in [2.05, 4.69) is 20.1 Å². The van der Waals surface area contributed by atoms with E-state index in [1.165, 1.54) is 6.33 Å². The van der Waals surface area contributed by atoms with Crippen LogP contribution in [0.5, 0.6) is 0 Å². The van der Waals surface area contributed by atoms with Crippen molar-refractivity contribution < 1.29 is 14.9 Å². The van der Waals surface area contributed by atoms with Gasteiger partial charge in [-0.2, -0.15) is 5.10 Å². The highest BCUT2D eigenvalue weighted by molar-refractivity contribution is 5.86. The number of nitrogens with two attached hydrogens (primary N) is 1. The van der Waals surface area contributed by atoms with Gasteiger partial charge in [-0.1, -0.05) is 6.92 Å². The van der Waals surface area contributed by atoms with E-state index < -0.39 is 18.3 Å². The molecule has 0 aliphatic carbocycles. The fourth-order valence-corrected chi connectivity index (χ4v) is 3.25. The summed E-state index contributed by atoms with van der Waals surface area (Å²) in [7, 11) is 0. The number of rotatable bonds is 3. The Morgan fingerprint density at radius 3 is 2.96 bits per heavy atom. The van der Waals surface area contributed by atoms with Crippen molar-refractivity contribution >= 4 is 11.3 Å². The van der Waals surface area contributed by atoms with Crippen molar-refractivity contribution in [1.82, 2.24) is 24.6 Å². The third-order valence-corrected chi connectivity index (χ3v) is 4.63. The van der Waals surface area contributed by atoms with Crippen LogP contribution in [-0.4, -0.2) is 53.6 Å². The maximum absolute atomic E-state index is 10.5. The lowest BCUT2D eigenvalue weighted by molar-refractivity contribution is -0.0152. The van der Waals surface area contributed by atoms with Crippen LogP contribution >= 0.6 is 0 Å². The molecule has 1 aliphatic rings. The Balaban J connectivity index is 1.90. The van der Waals surface area contributed by atoms with E-state index in [0.29, 0.717) is 17.0 Å². The molecule has 4 rings (SSSR count). The molecular formula is C15H18N6O3. The number of aliphatic hydroxyl groups is 2. The van der Waals surface area contributed by atoms with Crippen molar-refractivity contribution in [1.29, 1.82) is 0 Å². The number of imidazole rings is 1. The highest BCUT2D eigenvalue weighted by Crippen LogP contribution is 2.40. The number of fused-ring (bicyclic) bond motifs is 1. The van der Waals surface area contributed by atoms with Gasteiger partial charge in [0.2, 0.25) is 0 Å². The Morgan fingerprint density at radius 1 is 1.46 bits per heavy atom. The first kappa shape index (κ1) is 15.1. The van der Waals surface area contributed by atoms with Gasteiger partial charge in [-0.25, -0.2) is 14.5 Å². The summed E-state index contributed by atoms with van der Waals surface area (Å²) in [6.45, 7) is 1.70. The van der Waals surface area contributed by atoms with Gasteiger partial charge in [-0.3, -0.25) is 0 Å². The zero-order valence-electron chi connectivity index (χ0n) is 13.0. The second-order valence-corrected chi connectivity index (χ2v) is 5.98. The van der Waals surface area contributed by atoms with E-state index in [-0.39, 0.29) is 12.5 Å². The number of nitrogens with one attached hydrogen (secondary N) is 1. The first-order chi connectivity index (χ1) is 11.6. The maximum atomic E-state index is 10.5. The molecule has 0 radical (unpaired) electrons. The number of ether oxygens (including phenoxy) is 1. The van der Waals surface area contributed by atoms with Gasteiger partial charge >= 0.3 is 0 Å². The summed E-state index contributed by atoms with van der Waals surface area (Å²) in [6, 6.07) is 1.86. The van der Waals surface area contributed by atoms with Crippen molar-refractivity contribution in [2.45, 2.75) is 25.2 Å². The molecule has 4 heterocycles. The molecular weight excluding hydrogens is 312 g/mol. The van der Waals surface area contributed by atoms with Crippen LogP contribution in [0.2, 0.25) is 0 Å². The van der Waals surface area contributed by atoms with Gasteiger partial charge in [0, 0.05) is 11.5 Å². The lowest BCUT2D eigenvalue weighted by atomic mass is 9.97. The Bertz CT molecular complexity index is 862. The monoisotopic (exact) mass is 330 g/mol. The summed E-state index contributed by atoms with van der Waals surface area (Å²) >= 11 is 0. The van der Waals surface area contributed by atoms with Gasteiger partial charge in [0.25, 0.3) is 0 Å². The van der Waals surface area contributed by atoms with Crippen LogP contribution in [0.3, 0.4) is 0 Å². The van der Waals surface area contributed by atoms with Crippen molar-refractivity contribution in [3.8, 4) is 11.3 Å². The second-order valence-electron chi connectivity index (χ2n) is 5.98. The fraction of sp³-hybridized carbons (Fsp3) is 0.400. The fourth-order valence-electron chi connectivity index (χ4n) is 3.25. The lowest BCUT2D eigenvalue weighted by Gasteiger charge is -2.14. The van der Waals surface area contributed by atoms with E-state index in [0.717, 1.165) is 11.3 Å². The van der Waals surface area contributed by atoms with Gasteiger partial charge in [0.05, 0.1) is 42.7 Å². The zero-order valence-corrected chi connectivity index (χ0v) is 13.0. The first-order valence-corrected chi connectivity index (χ1v) is 7.67. The third kappa shape index (κ3) is 2.09. The van der Waals surface area contributed by atoms with Crippen LogP contribution in [-0.2, 0) is 4.74 Å². The average molecular weight is 330 g/mol. The molecule has 1 aliphatic heterocycles. The summed E-state index contributed by atoms with van der Waals surface area (Å²) in [6.07, 6.45) is 2.81. The molecule has 5 N–H and O–H groups in total. The minimum atomic E-state index is -0.758. The highest BCUT2D eigenvalue weighted by Gasteiger charge is 2.43. The molecule has 3 aromatic rings. The van der Waals surface area contributed by atoms with Crippen LogP contribution in [0.25, 0.3) is 16.8 Å². The Morgan fingerprint density at radius 2 is 2.29 bits per heavy atom. The number of aromatic amines is 1. The lowest BCUT2D eigenvalue weighted by Crippen LogP contribution is -2.24. The van der Waals surface area contributed by atoms with Crippen LogP contribution < -0.4 is 5.73 Å². The normalized spacial score (nSPS) is 27.1. The molecule has 0 bridgehead atoms. The second kappa shape index (κ2) is 5.55. The smallest absolute Gasteiger partial charge is 0.152 e. The zero-order chi connectivity index (χ0) is 16.8. The number of hydrogen-bond acceptors (Lipinski definition) is 7. The predicted molar refractivity (Wildman–Crippen MR) is 84.9 cm³/mol. The Kier molecular flexibility index (Phi) is 3.48. The molecule has 0 saturated carbocycles. The third-order valence-electron chi connectivity index (χ3n) is 4.63. The van der Waals surface area contributed by atoms with Crippen molar-refractivity contribution in [3.63, 3.8) is 0 Å². The van der Waals surface area contributed by atoms with Gasteiger partial charge in [0.1, 0.15) is 17.9 Å². The van der Waals surface area contributed by atoms with E-state index in [9.17, 15) is 10.2 Å². The SMILES string of the molecule is C[C@H]1[C@H](O)[C@H](c2cc(-c3cnc[nH]3)c3c(N)ncnn23)O[C@@H]1CO. The number of nitrogens with zero attached hydrogens (tertiary/aromatic N) is 4. The summed E-state index contributed by atoms with van der Waals surface area (Å²) in [5.41, 5.74) is 8.85. The van der Waals surface area contributed by atoms with E-state index in [4.69, 9.17) is 10.5 Å². The first-order valence-electron chi connectivity index (χ1n) is 7.67. The van der Waals surface area contributed by atoms with E-state index in [1.54, 1.807) is 17.0 Å². The van der Waals surface area contributed by atoms with E-state index >= 15 is 0 Å². The molecule has 24 heavy (non-hydrogen) atoms. The molecule has 9 heteroatoms. The van der Waals surface area contributed by atoms with Crippen molar-refractivity contribution in [2.75, 3.05) is 12.3 Å². The molecule has 1 saturated heterocycles. The molecule has 0 spiro atoms. The van der Waals surface area contributed by atoms with Gasteiger partial charge in [-0.05, 0) is 6.07 Å². The van der Waals surface area contributed by atoms with Gasteiger partial charge in [-0.15, -0.1) is 0 Å². The Hall–Kier alpha value is -2.49. The summed E-state index contributed by atoms with van der Waals surface area (Å²) < 4.78 is 7.48. The highest BCUT2D eigenvalue weighted by atomic mass is 16.5. The molecule has 1 fully saturated rings. The van der Waals surface area contributed by atoms with Crippen LogP contribution in [0.1, 0.15) is 18.7 Å². The van der Waals surface area contributed by atoms with Gasteiger partial charge < -0.3 is 25.7 Å². The standard InChI is InChI=1S/C15H18N6O3/c1-7-11(4-22)24-14(13(7)23)10-2-8(9-3-17-5-18-9)12-15(16)19-6-20-21(10)12/h2-3,5-7,11,13-14,22-23H,4H2,1H3,(H,17,18)(H2,16,19,20)/t7-,11-,13+,14+/m1/s1. The number of nitrogen functional groups attached to an aromatic ring is 1. The molecule has 9 nitrogen and oxygen atoms in total. The number of aliphatic hydroxyl groups excluding tert-OH is 2. The minimum absolute atomic E-state index is 0.150. The number of H-pyrrole nitrogens is 1. The minimum Gasteiger partial charge on any atom is -0.394 e. The predicted octanol–water partition coefficient (Wildman–Crippen LogP) is 0.131. The number of aromatic nitrogens is 5. The number of hydrogen-bond donors (Lipinski definition) is 4. The molecule has 0 unspecified atom stereocenters. The molecule has 126 valence electrons. The summed E-state index contributed by atoms with van der Waals surface area (Å²) in [5, 5.41) is 24.2. The Labute approximate surface area is 137 Å². The maximum Gasteiger partial charge on any atom is 0.152 e. The van der Waals surface area contributed by atoms with Crippen LogP contribution in [0, 0.1) is 5.92 Å². The average Bonchev–Trinajstić information content (AvgIpc) is 3.28. The topological polar surface area (TPSA) is 135 Å².